The maximum Gasteiger partial charge on any atom is 0.410 e. The Labute approximate surface area is 122 Å². The van der Waals surface area contributed by atoms with Gasteiger partial charge in [0.05, 0.1) is 0 Å². The van der Waals surface area contributed by atoms with Crippen LogP contribution >= 0.6 is 0 Å². The van der Waals surface area contributed by atoms with Crippen LogP contribution in [0.1, 0.15) is 45.1 Å². The summed E-state index contributed by atoms with van der Waals surface area (Å²) in [4.78, 5) is 13.8. The van der Waals surface area contributed by atoms with Gasteiger partial charge in [-0.1, -0.05) is 35.3 Å². The summed E-state index contributed by atoms with van der Waals surface area (Å²) in [5.74, 6) is 0.440. The molecule has 0 spiro atoms. The van der Waals surface area contributed by atoms with Gasteiger partial charge in [-0.3, -0.25) is 0 Å². The molecule has 0 atom stereocenters. The maximum atomic E-state index is 12.0. The minimum Gasteiger partial charge on any atom is -0.444 e. The van der Waals surface area contributed by atoms with Gasteiger partial charge in [0.25, 0.3) is 0 Å². The molecule has 2 rings (SSSR count). The lowest BCUT2D eigenvalue weighted by molar-refractivity contribution is 0.0205. The summed E-state index contributed by atoms with van der Waals surface area (Å²) in [6.45, 7) is 7.13. The third kappa shape index (κ3) is 3.78. The number of piperidine rings is 1. The largest absolute Gasteiger partial charge is 0.444 e. The summed E-state index contributed by atoms with van der Waals surface area (Å²) in [6.07, 6.45) is 1.66. The summed E-state index contributed by atoms with van der Waals surface area (Å²) in [5.41, 5.74) is 1.62. The number of carbonyl (C=O) groups excluding carboxylic acids is 1. The van der Waals surface area contributed by atoms with Crippen LogP contribution in [0.25, 0.3) is 0 Å². The molecular weight excluding hydrogens is 249 g/mol. The fraction of sp³-hybridized carbons (Fsp3) is 0.562. The number of hydrogen-bond donors (Lipinski definition) is 0. The standard InChI is InChI=1S/C16H22BNO2/c1-16(2,3)20-15(19)18-10-8-12(9-11-18)13-6-4-5-7-14(13)17/h4-7,12H,8-11H2,1-3H3. The zero-order valence-electron chi connectivity index (χ0n) is 12.6. The molecule has 1 saturated heterocycles. The molecule has 1 aromatic rings. The van der Waals surface area contributed by atoms with Gasteiger partial charge in [0, 0.05) is 13.1 Å². The van der Waals surface area contributed by atoms with Crippen LogP contribution in [-0.2, 0) is 4.74 Å². The highest BCUT2D eigenvalue weighted by Crippen LogP contribution is 2.27. The minimum absolute atomic E-state index is 0.211. The molecule has 4 heteroatoms. The van der Waals surface area contributed by atoms with Gasteiger partial charge in [-0.05, 0) is 39.5 Å². The van der Waals surface area contributed by atoms with Crippen LogP contribution < -0.4 is 5.46 Å². The molecule has 1 aliphatic rings. The van der Waals surface area contributed by atoms with Crippen molar-refractivity contribution < 1.29 is 9.53 Å². The topological polar surface area (TPSA) is 29.5 Å². The van der Waals surface area contributed by atoms with Crippen LogP contribution in [0, 0.1) is 0 Å². The Morgan fingerprint density at radius 3 is 2.40 bits per heavy atom. The Hall–Kier alpha value is -1.45. The highest BCUT2D eigenvalue weighted by molar-refractivity contribution is 6.33. The van der Waals surface area contributed by atoms with Crippen LogP contribution in [0.15, 0.2) is 24.3 Å². The third-order valence-corrected chi connectivity index (χ3v) is 3.58. The quantitative estimate of drug-likeness (QED) is 0.735. The van der Waals surface area contributed by atoms with Crippen molar-refractivity contribution in [2.45, 2.75) is 45.1 Å². The molecule has 0 saturated carbocycles. The van der Waals surface area contributed by atoms with Crippen LogP contribution in [0.5, 0.6) is 0 Å². The molecule has 1 amide bonds. The number of amides is 1. The normalized spacial score (nSPS) is 17.1. The fourth-order valence-corrected chi connectivity index (χ4v) is 2.58. The van der Waals surface area contributed by atoms with Gasteiger partial charge in [-0.25, -0.2) is 4.79 Å². The molecule has 1 fully saturated rings. The van der Waals surface area contributed by atoms with E-state index >= 15 is 0 Å². The van der Waals surface area contributed by atoms with Gasteiger partial charge in [0.2, 0.25) is 0 Å². The molecule has 3 nitrogen and oxygen atoms in total. The Bertz CT molecular complexity index is 474. The molecule has 2 radical (unpaired) electrons. The minimum atomic E-state index is -0.433. The van der Waals surface area contributed by atoms with Crippen molar-refractivity contribution in [3.63, 3.8) is 0 Å². The average molecular weight is 271 g/mol. The summed E-state index contributed by atoms with van der Waals surface area (Å²) < 4.78 is 5.40. The van der Waals surface area contributed by atoms with E-state index in [0.717, 1.165) is 31.4 Å². The van der Waals surface area contributed by atoms with Crippen LogP contribution in [-0.4, -0.2) is 37.5 Å². The van der Waals surface area contributed by atoms with E-state index in [0.29, 0.717) is 5.92 Å². The average Bonchev–Trinajstić information content (AvgIpc) is 2.37. The van der Waals surface area contributed by atoms with E-state index < -0.39 is 5.60 Å². The molecule has 0 unspecified atom stereocenters. The van der Waals surface area contributed by atoms with Crippen LogP contribution in [0.3, 0.4) is 0 Å². The van der Waals surface area contributed by atoms with Crippen molar-refractivity contribution in [2.24, 2.45) is 0 Å². The molecule has 106 valence electrons. The monoisotopic (exact) mass is 271 g/mol. The smallest absolute Gasteiger partial charge is 0.410 e. The lowest BCUT2D eigenvalue weighted by Crippen LogP contribution is -2.41. The van der Waals surface area contributed by atoms with Crippen molar-refractivity contribution >= 4 is 19.4 Å². The molecule has 1 heterocycles. The Kier molecular flexibility index (Phi) is 4.41. The molecule has 1 aliphatic heterocycles. The van der Waals surface area contributed by atoms with E-state index in [2.05, 4.69) is 6.07 Å². The summed E-state index contributed by atoms with van der Waals surface area (Å²) >= 11 is 0. The number of ether oxygens (including phenoxy) is 1. The first kappa shape index (κ1) is 15.0. The van der Waals surface area contributed by atoms with E-state index in [4.69, 9.17) is 12.6 Å². The molecule has 0 N–H and O–H groups in total. The lowest BCUT2D eigenvalue weighted by atomic mass is 9.80. The van der Waals surface area contributed by atoms with E-state index in [-0.39, 0.29) is 6.09 Å². The summed E-state index contributed by atoms with van der Waals surface area (Å²) in [6, 6.07) is 8.00. The number of likely N-dealkylation sites (tertiary alicyclic amines) is 1. The Balaban J connectivity index is 1.93. The summed E-state index contributed by atoms with van der Waals surface area (Å²) in [7, 11) is 6.02. The van der Waals surface area contributed by atoms with Gasteiger partial charge < -0.3 is 9.64 Å². The van der Waals surface area contributed by atoms with Crippen molar-refractivity contribution in [2.75, 3.05) is 13.1 Å². The van der Waals surface area contributed by atoms with Gasteiger partial charge in [-0.15, -0.1) is 0 Å². The lowest BCUT2D eigenvalue weighted by Gasteiger charge is -2.34. The van der Waals surface area contributed by atoms with Crippen LogP contribution in [0.4, 0.5) is 4.79 Å². The van der Waals surface area contributed by atoms with Crippen molar-refractivity contribution in [3.8, 4) is 0 Å². The molecule has 0 bridgehead atoms. The van der Waals surface area contributed by atoms with Gasteiger partial charge in [0.15, 0.2) is 0 Å². The van der Waals surface area contributed by atoms with Crippen molar-refractivity contribution in [3.05, 3.63) is 29.8 Å². The first-order valence-corrected chi connectivity index (χ1v) is 7.19. The number of carbonyl (C=O) groups is 1. The first-order valence-electron chi connectivity index (χ1n) is 7.19. The van der Waals surface area contributed by atoms with Crippen molar-refractivity contribution in [1.29, 1.82) is 0 Å². The third-order valence-electron chi connectivity index (χ3n) is 3.58. The van der Waals surface area contributed by atoms with E-state index in [1.54, 1.807) is 4.90 Å². The van der Waals surface area contributed by atoms with E-state index in [9.17, 15) is 4.79 Å². The number of rotatable bonds is 1. The first-order chi connectivity index (χ1) is 9.37. The highest BCUT2D eigenvalue weighted by Gasteiger charge is 2.27. The summed E-state index contributed by atoms with van der Waals surface area (Å²) in [5, 5.41) is 0. The SMILES string of the molecule is [B]c1ccccc1C1CCN(C(=O)OC(C)(C)C)CC1. The number of benzene rings is 1. The molecule has 0 aromatic heterocycles. The zero-order chi connectivity index (χ0) is 14.8. The van der Waals surface area contributed by atoms with Gasteiger partial charge in [0.1, 0.15) is 13.4 Å². The zero-order valence-corrected chi connectivity index (χ0v) is 12.6. The second kappa shape index (κ2) is 5.90. The van der Waals surface area contributed by atoms with Gasteiger partial charge >= 0.3 is 6.09 Å². The Morgan fingerprint density at radius 1 is 1.25 bits per heavy atom. The molecule has 20 heavy (non-hydrogen) atoms. The maximum absolute atomic E-state index is 12.0. The molecular formula is C16H22BNO2. The fourth-order valence-electron chi connectivity index (χ4n) is 2.58. The predicted molar refractivity (Wildman–Crippen MR) is 81.6 cm³/mol. The van der Waals surface area contributed by atoms with Crippen molar-refractivity contribution in [1.82, 2.24) is 4.90 Å². The predicted octanol–water partition coefficient (Wildman–Crippen LogP) is 2.59. The Morgan fingerprint density at radius 2 is 1.85 bits per heavy atom. The second-order valence-corrected chi connectivity index (χ2v) is 6.37. The highest BCUT2D eigenvalue weighted by atomic mass is 16.6. The number of hydrogen-bond acceptors (Lipinski definition) is 2. The molecule has 0 aliphatic carbocycles. The van der Waals surface area contributed by atoms with Crippen LogP contribution in [0.2, 0.25) is 0 Å². The van der Waals surface area contributed by atoms with E-state index in [1.165, 1.54) is 5.56 Å². The number of nitrogens with zero attached hydrogens (tertiary/aromatic N) is 1. The van der Waals surface area contributed by atoms with Gasteiger partial charge in [-0.2, -0.15) is 0 Å². The second-order valence-electron chi connectivity index (χ2n) is 6.37. The van der Waals surface area contributed by atoms with E-state index in [1.807, 2.05) is 39.0 Å². The molecule has 1 aromatic carbocycles.